The number of benzene rings is 1. The van der Waals surface area contributed by atoms with Gasteiger partial charge in [0.1, 0.15) is 24.5 Å². The molecule has 2 aromatic heterocycles. The molecular formula is C18H21FN6O. The predicted molar refractivity (Wildman–Crippen MR) is 97.1 cm³/mol. The first-order valence-electron chi connectivity index (χ1n) is 8.55. The average Bonchev–Trinajstić information content (AvgIpc) is 3.06. The fraction of sp³-hybridized carbons (Fsp3) is 0.333. The molecule has 2 heterocycles. The Hall–Kier alpha value is -3.03. The van der Waals surface area contributed by atoms with E-state index < -0.39 is 0 Å². The molecule has 26 heavy (non-hydrogen) atoms. The van der Waals surface area contributed by atoms with Gasteiger partial charge in [-0.1, -0.05) is 18.2 Å². The van der Waals surface area contributed by atoms with Gasteiger partial charge in [-0.05, 0) is 19.9 Å². The summed E-state index contributed by atoms with van der Waals surface area (Å²) < 4.78 is 15.2. The number of hydrogen-bond donors (Lipinski definition) is 1. The van der Waals surface area contributed by atoms with Crippen LogP contribution in [0.2, 0.25) is 0 Å². The number of aromatic nitrogens is 4. The molecule has 0 fully saturated rings. The summed E-state index contributed by atoms with van der Waals surface area (Å²) in [7, 11) is 0. The van der Waals surface area contributed by atoms with Gasteiger partial charge in [0.05, 0.1) is 11.6 Å². The van der Waals surface area contributed by atoms with Gasteiger partial charge in [0, 0.05) is 25.2 Å². The van der Waals surface area contributed by atoms with E-state index in [-0.39, 0.29) is 24.8 Å². The van der Waals surface area contributed by atoms with E-state index in [4.69, 9.17) is 0 Å². The molecular weight excluding hydrogens is 335 g/mol. The topological polar surface area (TPSA) is 75.9 Å². The molecule has 0 saturated heterocycles. The van der Waals surface area contributed by atoms with Crippen LogP contribution in [-0.2, 0) is 17.9 Å². The molecule has 0 atom stereocenters. The highest BCUT2D eigenvalue weighted by molar-refractivity contribution is 5.87. The number of nitrogens with one attached hydrogen (secondary N) is 1. The zero-order chi connectivity index (χ0) is 18.5. The number of anilines is 1. The number of amides is 1. The Labute approximate surface area is 150 Å². The Morgan fingerprint density at radius 2 is 2.00 bits per heavy atom. The van der Waals surface area contributed by atoms with Crippen LogP contribution < -0.4 is 10.2 Å². The molecule has 0 bridgehead atoms. The maximum atomic E-state index is 13.6. The largest absolute Gasteiger partial charge is 0.356 e. The summed E-state index contributed by atoms with van der Waals surface area (Å²) in [4.78, 5) is 22.9. The van der Waals surface area contributed by atoms with Crippen molar-refractivity contribution in [1.82, 2.24) is 25.1 Å². The predicted octanol–water partition coefficient (Wildman–Crippen LogP) is 2.13. The summed E-state index contributed by atoms with van der Waals surface area (Å²) in [6.07, 6.45) is 3.15. The summed E-state index contributed by atoms with van der Waals surface area (Å²) >= 11 is 0. The second-order valence-electron chi connectivity index (χ2n) is 5.78. The zero-order valence-electron chi connectivity index (χ0n) is 14.8. The lowest BCUT2D eigenvalue weighted by Crippen LogP contribution is -2.28. The number of halogens is 1. The lowest BCUT2D eigenvalue weighted by atomic mass is 10.2. The molecule has 0 unspecified atom stereocenters. The molecule has 1 aromatic carbocycles. The SMILES string of the molecule is CCN(CC)c1ncnc2c1cnn2CC(=O)NCc1ccccc1F. The minimum atomic E-state index is -0.339. The summed E-state index contributed by atoms with van der Waals surface area (Å²) in [5, 5.41) is 7.78. The molecule has 0 saturated carbocycles. The number of hydrogen-bond acceptors (Lipinski definition) is 5. The first-order valence-corrected chi connectivity index (χ1v) is 8.55. The van der Waals surface area contributed by atoms with E-state index in [2.05, 4.69) is 39.1 Å². The van der Waals surface area contributed by atoms with Crippen LogP contribution in [0.5, 0.6) is 0 Å². The van der Waals surface area contributed by atoms with Crippen molar-refractivity contribution < 1.29 is 9.18 Å². The van der Waals surface area contributed by atoms with Crippen molar-refractivity contribution in [3.8, 4) is 0 Å². The van der Waals surface area contributed by atoms with Gasteiger partial charge in [0.15, 0.2) is 5.65 Å². The normalized spacial score (nSPS) is 10.9. The minimum absolute atomic E-state index is 0.00660. The highest BCUT2D eigenvalue weighted by Crippen LogP contribution is 2.22. The summed E-state index contributed by atoms with van der Waals surface area (Å²) in [6, 6.07) is 6.36. The van der Waals surface area contributed by atoms with Crippen molar-refractivity contribution in [1.29, 1.82) is 0 Å². The van der Waals surface area contributed by atoms with Gasteiger partial charge in [-0.3, -0.25) is 4.79 Å². The third kappa shape index (κ3) is 3.63. The summed E-state index contributed by atoms with van der Waals surface area (Å²) in [5.74, 6) is 0.202. The van der Waals surface area contributed by atoms with Gasteiger partial charge in [0.2, 0.25) is 5.91 Å². The fourth-order valence-electron chi connectivity index (χ4n) is 2.80. The molecule has 0 radical (unpaired) electrons. The number of rotatable bonds is 7. The van der Waals surface area contributed by atoms with Crippen LogP contribution in [0.4, 0.5) is 10.2 Å². The first kappa shape index (κ1) is 17.8. The Balaban J connectivity index is 1.74. The van der Waals surface area contributed by atoms with Crippen LogP contribution in [0.3, 0.4) is 0 Å². The number of fused-ring (bicyclic) bond motifs is 1. The van der Waals surface area contributed by atoms with Crippen molar-refractivity contribution in [2.45, 2.75) is 26.9 Å². The van der Waals surface area contributed by atoms with E-state index in [1.807, 2.05) is 0 Å². The van der Waals surface area contributed by atoms with E-state index >= 15 is 0 Å². The zero-order valence-corrected chi connectivity index (χ0v) is 14.8. The van der Waals surface area contributed by atoms with Crippen LogP contribution >= 0.6 is 0 Å². The van der Waals surface area contributed by atoms with Crippen molar-refractivity contribution in [3.63, 3.8) is 0 Å². The lowest BCUT2D eigenvalue weighted by molar-refractivity contribution is -0.121. The van der Waals surface area contributed by atoms with Crippen molar-refractivity contribution >= 4 is 22.8 Å². The standard InChI is InChI=1S/C18H21FN6O/c1-3-24(4-2)17-14-10-23-25(18(14)22-12-21-17)11-16(26)20-9-13-7-5-6-8-15(13)19/h5-8,10,12H,3-4,9,11H2,1-2H3,(H,20,26). The lowest BCUT2D eigenvalue weighted by Gasteiger charge is -2.19. The van der Waals surface area contributed by atoms with Crippen LogP contribution in [-0.4, -0.2) is 38.7 Å². The molecule has 3 aromatic rings. The number of carbonyl (C=O) groups excluding carboxylic acids is 1. The second kappa shape index (κ2) is 7.90. The molecule has 8 heteroatoms. The third-order valence-corrected chi connectivity index (χ3v) is 4.20. The van der Waals surface area contributed by atoms with Gasteiger partial charge in [-0.2, -0.15) is 5.10 Å². The van der Waals surface area contributed by atoms with E-state index in [1.165, 1.54) is 17.1 Å². The second-order valence-corrected chi connectivity index (χ2v) is 5.78. The molecule has 0 aliphatic rings. The van der Waals surface area contributed by atoms with Crippen LogP contribution in [0.25, 0.3) is 11.0 Å². The van der Waals surface area contributed by atoms with Gasteiger partial charge in [-0.15, -0.1) is 0 Å². The van der Waals surface area contributed by atoms with Crippen molar-refractivity contribution in [2.24, 2.45) is 0 Å². The monoisotopic (exact) mass is 356 g/mol. The maximum absolute atomic E-state index is 13.6. The molecule has 3 rings (SSSR count). The van der Waals surface area contributed by atoms with Crippen LogP contribution in [0.15, 0.2) is 36.8 Å². The Kier molecular flexibility index (Phi) is 5.40. The number of carbonyl (C=O) groups is 1. The van der Waals surface area contributed by atoms with Gasteiger partial charge in [-0.25, -0.2) is 19.0 Å². The van der Waals surface area contributed by atoms with E-state index in [0.29, 0.717) is 11.2 Å². The molecule has 0 aliphatic carbocycles. The van der Waals surface area contributed by atoms with Crippen LogP contribution in [0, 0.1) is 5.82 Å². The van der Waals surface area contributed by atoms with Gasteiger partial charge in [0.25, 0.3) is 0 Å². The number of nitrogens with zero attached hydrogens (tertiary/aromatic N) is 5. The molecule has 0 spiro atoms. The molecule has 136 valence electrons. The molecule has 1 amide bonds. The third-order valence-electron chi connectivity index (χ3n) is 4.20. The maximum Gasteiger partial charge on any atom is 0.242 e. The average molecular weight is 356 g/mol. The van der Waals surface area contributed by atoms with Gasteiger partial charge < -0.3 is 10.2 Å². The Morgan fingerprint density at radius 3 is 2.73 bits per heavy atom. The van der Waals surface area contributed by atoms with Crippen molar-refractivity contribution in [2.75, 3.05) is 18.0 Å². The Bertz CT molecular complexity index is 906. The van der Waals surface area contributed by atoms with E-state index in [9.17, 15) is 9.18 Å². The quantitative estimate of drug-likeness (QED) is 0.702. The van der Waals surface area contributed by atoms with Crippen molar-refractivity contribution in [3.05, 3.63) is 48.2 Å². The summed E-state index contributed by atoms with van der Waals surface area (Å²) in [6.45, 7) is 5.88. The Morgan fingerprint density at radius 1 is 1.23 bits per heavy atom. The fourth-order valence-corrected chi connectivity index (χ4v) is 2.80. The highest BCUT2D eigenvalue weighted by Gasteiger charge is 2.15. The molecule has 0 aliphatic heterocycles. The first-order chi connectivity index (χ1) is 12.6. The van der Waals surface area contributed by atoms with Crippen LogP contribution in [0.1, 0.15) is 19.4 Å². The highest BCUT2D eigenvalue weighted by atomic mass is 19.1. The smallest absolute Gasteiger partial charge is 0.242 e. The minimum Gasteiger partial charge on any atom is -0.356 e. The van der Waals surface area contributed by atoms with Gasteiger partial charge >= 0.3 is 0 Å². The van der Waals surface area contributed by atoms with E-state index in [0.717, 1.165) is 24.3 Å². The molecule has 7 nitrogen and oxygen atoms in total. The van der Waals surface area contributed by atoms with E-state index in [1.54, 1.807) is 24.4 Å². The molecule has 1 N–H and O–H groups in total. The summed E-state index contributed by atoms with van der Waals surface area (Å²) in [5.41, 5.74) is 1.04.